The van der Waals surface area contributed by atoms with Crippen LogP contribution < -0.4 is 27.1 Å². The van der Waals surface area contributed by atoms with Crippen molar-refractivity contribution < 1.29 is 38.8 Å². The van der Waals surface area contributed by atoms with Gasteiger partial charge in [-0.25, -0.2) is 4.39 Å². The molecular formula is C21H28B2FN3O7. The number of methoxy groups -OCH3 is 1. The van der Waals surface area contributed by atoms with Gasteiger partial charge in [0.2, 0.25) is 5.91 Å². The van der Waals surface area contributed by atoms with E-state index in [-0.39, 0.29) is 35.3 Å². The lowest BCUT2D eigenvalue weighted by atomic mass is 9.79. The SMILES string of the molecule is COc1cc(CN(CCCC[C@H](N)C(N)=O)C(=O)c2cc(F)cc(B(O)O)c2)ccc1B(O)O. The fourth-order valence-corrected chi connectivity index (χ4v) is 3.42. The van der Waals surface area contributed by atoms with Crippen LogP contribution in [0.2, 0.25) is 0 Å². The van der Waals surface area contributed by atoms with Crippen molar-refractivity contribution >= 4 is 37.0 Å². The highest BCUT2D eigenvalue weighted by Gasteiger charge is 2.22. The Morgan fingerprint density at radius 2 is 1.79 bits per heavy atom. The number of carbonyl (C=O) groups excluding carboxylic acids is 2. The molecule has 0 fully saturated rings. The number of halogens is 1. The van der Waals surface area contributed by atoms with Crippen LogP contribution in [0, 0.1) is 5.82 Å². The number of hydrogen-bond donors (Lipinski definition) is 6. The average Bonchev–Trinajstić information content (AvgIpc) is 2.79. The molecule has 34 heavy (non-hydrogen) atoms. The van der Waals surface area contributed by atoms with Gasteiger partial charge >= 0.3 is 14.2 Å². The Bertz CT molecular complexity index is 1010. The summed E-state index contributed by atoms with van der Waals surface area (Å²) in [5.41, 5.74) is 11.3. The van der Waals surface area contributed by atoms with E-state index in [2.05, 4.69) is 0 Å². The topological polar surface area (TPSA) is 180 Å². The van der Waals surface area contributed by atoms with Crippen LogP contribution >= 0.6 is 0 Å². The van der Waals surface area contributed by atoms with Gasteiger partial charge < -0.3 is 41.2 Å². The molecule has 2 aromatic carbocycles. The Labute approximate surface area is 197 Å². The second kappa shape index (κ2) is 12.5. The monoisotopic (exact) mass is 475 g/mol. The van der Waals surface area contributed by atoms with Crippen molar-refractivity contribution in [2.45, 2.75) is 31.8 Å². The summed E-state index contributed by atoms with van der Waals surface area (Å²) in [4.78, 5) is 25.8. The maximum atomic E-state index is 14.0. The van der Waals surface area contributed by atoms with Gasteiger partial charge in [0.05, 0.1) is 13.2 Å². The lowest BCUT2D eigenvalue weighted by Crippen LogP contribution is -2.37. The van der Waals surface area contributed by atoms with Crippen LogP contribution in [0.4, 0.5) is 4.39 Å². The molecule has 0 aliphatic rings. The molecule has 13 heteroatoms. The van der Waals surface area contributed by atoms with E-state index in [4.69, 9.17) is 16.2 Å². The highest BCUT2D eigenvalue weighted by atomic mass is 19.1. The van der Waals surface area contributed by atoms with Crippen molar-refractivity contribution in [1.82, 2.24) is 4.90 Å². The van der Waals surface area contributed by atoms with Gasteiger partial charge in [0.15, 0.2) is 0 Å². The van der Waals surface area contributed by atoms with Gasteiger partial charge in [0.1, 0.15) is 11.6 Å². The number of ether oxygens (including phenoxy) is 1. The summed E-state index contributed by atoms with van der Waals surface area (Å²) in [5, 5.41) is 37.7. The summed E-state index contributed by atoms with van der Waals surface area (Å²) in [6.07, 6.45) is 1.29. The molecule has 8 N–H and O–H groups in total. The standard InChI is InChI=1S/C21H28B2FN3O7/c1-34-19-8-13(5-6-17(19)23(32)33)12-27(7-3-2-4-18(25)20(26)28)21(29)14-9-15(22(30)31)11-16(24)10-14/h5-6,8-11,18,30-33H,2-4,7,12,25H2,1H3,(H2,26,28)/t18-/m0/s1. The first-order valence-electron chi connectivity index (χ1n) is 10.6. The third-order valence-corrected chi connectivity index (χ3v) is 5.26. The van der Waals surface area contributed by atoms with E-state index < -0.39 is 37.9 Å². The van der Waals surface area contributed by atoms with Crippen LogP contribution in [0.5, 0.6) is 5.75 Å². The molecule has 2 aromatic rings. The van der Waals surface area contributed by atoms with Crippen LogP contribution in [-0.4, -0.2) is 70.7 Å². The van der Waals surface area contributed by atoms with Crippen LogP contribution in [-0.2, 0) is 11.3 Å². The van der Waals surface area contributed by atoms with Gasteiger partial charge in [-0.15, -0.1) is 0 Å². The molecule has 0 aromatic heterocycles. The number of benzene rings is 2. The maximum Gasteiger partial charge on any atom is 0.492 e. The average molecular weight is 475 g/mol. The Morgan fingerprint density at radius 1 is 1.09 bits per heavy atom. The molecule has 0 radical (unpaired) electrons. The van der Waals surface area contributed by atoms with Gasteiger partial charge in [0, 0.05) is 24.1 Å². The Hall–Kier alpha value is -2.96. The number of carbonyl (C=O) groups is 2. The van der Waals surface area contributed by atoms with E-state index in [1.54, 1.807) is 12.1 Å². The second-order valence-electron chi connectivity index (χ2n) is 7.83. The van der Waals surface area contributed by atoms with Crippen LogP contribution in [0.15, 0.2) is 36.4 Å². The zero-order chi connectivity index (χ0) is 25.4. The van der Waals surface area contributed by atoms with E-state index in [1.165, 1.54) is 24.1 Å². The van der Waals surface area contributed by atoms with Crippen molar-refractivity contribution in [1.29, 1.82) is 0 Å². The molecule has 0 aliphatic carbocycles. The molecule has 2 rings (SSSR count). The summed E-state index contributed by atoms with van der Waals surface area (Å²) in [7, 11) is -2.33. The lowest BCUT2D eigenvalue weighted by Gasteiger charge is -2.24. The largest absolute Gasteiger partial charge is 0.497 e. The number of hydrogen-bond acceptors (Lipinski definition) is 8. The minimum Gasteiger partial charge on any atom is -0.497 e. The van der Waals surface area contributed by atoms with E-state index in [1.807, 2.05) is 0 Å². The number of nitrogens with two attached hydrogens (primary N) is 2. The summed E-state index contributed by atoms with van der Waals surface area (Å²) in [6.45, 7) is 0.275. The number of primary amides is 1. The highest BCUT2D eigenvalue weighted by molar-refractivity contribution is 6.59. The van der Waals surface area contributed by atoms with E-state index >= 15 is 0 Å². The maximum absolute atomic E-state index is 14.0. The first-order chi connectivity index (χ1) is 16.0. The minimum absolute atomic E-state index is 0.0619. The fraction of sp³-hybridized carbons (Fsp3) is 0.333. The normalized spacial score (nSPS) is 11.6. The molecule has 182 valence electrons. The molecule has 0 heterocycles. The number of rotatable bonds is 12. The minimum atomic E-state index is -1.95. The molecule has 2 amide bonds. The van der Waals surface area contributed by atoms with Crippen LogP contribution in [0.3, 0.4) is 0 Å². The third-order valence-electron chi connectivity index (χ3n) is 5.26. The Balaban J connectivity index is 2.29. The molecule has 0 bridgehead atoms. The lowest BCUT2D eigenvalue weighted by molar-refractivity contribution is -0.119. The predicted octanol–water partition coefficient (Wildman–Crippen LogP) is -2.18. The summed E-state index contributed by atoms with van der Waals surface area (Å²) < 4.78 is 19.2. The first-order valence-corrected chi connectivity index (χ1v) is 10.6. The predicted molar refractivity (Wildman–Crippen MR) is 125 cm³/mol. The van der Waals surface area contributed by atoms with Crippen molar-refractivity contribution in [3.8, 4) is 5.75 Å². The van der Waals surface area contributed by atoms with Crippen LogP contribution in [0.25, 0.3) is 0 Å². The summed E-state index contributed by atoms with van der Waals surface area (Å²) >= 11 is 0. The van der Waals surface area contributed by atoms with Crippen molar-refractivity contribution in [3.63, 3.8) is 0 Å². The molecule has 0 saturated heterocycles. The third kappa shape index (κ3) is 7.54. The van der Waals surface area contributed by atoms with Crippen molar-refractivity contribution in [3.05, 3.63) is 53.3 Å². The Morgan fingerprint density at radius 3 is 2.38 bits per heavy atom. The van der Waals surface area contributed by atoms with Gasteiger partial charge in [-0.05, 0) is 54.6 Å². The van der Waals surface area contributed by atoms with E-state index in [9.17, 15) is 34.1 Å². The van der Waals surface area contributed by atoms with Gasteiger partial charge in [-0.2, -0.15) is 0 Å². The first kappa shape index (κ1) is 27.3. The molecule has 0 aliphatic heterocycles. The summed E-state index contributed by atoms with van der Waals surface area (Å²) in [5.74, 6) is -1.78. The number of amides is 2. The van der Waals surface area contributed by atoms with E-state index in [0.29, 0.717) is 24.8 Å². The van der Waals surface area contributed by atoms with E-state index in [0.717, 1.165) is 12.1 Å². The highest BCUT2D eigenvalue weighted by Crippen LogP contribution is 2.17. The van der Waals surface area contributed by atoms with Gasteiger partial charge in [-0.1, -0.05) is 12.1 Å². The van der Waals surface area contributed by atoms with Gasteiger partial charge in [-0.3, -0.25) is 9.59 Å². The fourth-order valence-electron chi connectivity index (χ4n) is 3.42. The zero-order valence-corrected chi connectivity index (χ0v) is 18.7. The quantitative estimate of drug-likeness (QED) is 0.148. The van der Waals surface area contributed by atoms with Crippen LogP contribution in [0.1, 0.15) is 35.2 Å². The summed E-state index contributed by atoms with van der Waals surface area (Å²) in [6, 6.07) is 6.90. The zero-order valence-electron chi connectivity index (χ0n) is 18.7. The molecule has 1 atom stereocenters. The smallest absolute Gasteiger partial charge is 0.492 e. The molecular weight excluding hydrogens is 447 g/mol. The molecule has 0 unspecified atom stereocenters. The van der Waals surface area contributed by atoms with Crippen molar-refractivity contribution in [2.24, 2.45) is 11.5 Å². The Kier molecular flexibility index (Phi) is 10.0. The molecule has 10 nitrogen and oxygen atoms in total. The van der Waals surface area contributed by atoms with Gasteiger partial charge in [0.25, 0.3) is 5.91 Å². The number of nitrogens with zero attached hydrogens (tertiary/aromatic N) is 1. The second-order valence-corrected chi connectivity index (χ2v) is 7.83. The van der Waals surface area contributed by atoms with Crippen molar-refractivity contribution in [2.75, 3.05) is 13.7 Å². The molecule has 0 saturated carbocycles. The number of unbranched alkanes of at least 4 members (excludes halogenated alkanes) is 1. The molecule has 0 spiro atoms.